The van der Waals surface area contributed by atoms with Crippen molar-refractivity contribution >= 4 is 5.91 Å². The smallest absolute Gasteiger partial charge is 0.330 e. The molecule has 0 aliphatic heterocycles. The highest BCUT2D eigenvalue weighted by Gasteiger charge is 2.17. The Morgan fingerprint density at radius 2 is 1.94 bits per heavy atom. The Hall–Kier alpha value is -1.85. The van der Waals surface area contributed by atoms with Crippen molar-refractivity contribution in [1.29, 1.82) is 0 Å². The number of rotatable bonds is 4. The minimum absolute atomic E-state index is 0.0261. The lowest BCUT2D eigenvalue weighted by molar-refractivity contribution is 0.0789. The SMILES string of the molecule is CCCCN(C)C(=O)c1cn(C)c(=O)n(C)c1=O. The zero-order chi connectivity index (χ0) is 13.9. The molecule has 0 saturated carbocycles. The monoisotopic (exact) mass is 253 g/mol. The van der Waals surface area contributed by atoms with Gasteiger partial charge in [0.2, 0.25) is 0 Å². The molecule has 100 valence electrons. The van der Waals surface area contributed by atoms with Crippen molar-refractivity contribution in [2.45, 2.75) is 19.8 Å². The second kappa shape index (κ2) is 5.66. The van der Waals surface area contributed by atoms with Crippen LogP contribution in [0.4, 0.5) is 0 Å². The van der Waals surface area contributed by atoms with E-state index in [9.17, 15) is 14.4 Å². The summed E-state index contributed by atoms with van der Waals surface area (Å²) in [5.41, 5.74) is -0.961. The number of hydrogen-bond donors (Lipinski definition) is 0. The quantitative estimate of drug-likeness (QED) is 0.756. The minimum Gasteiger partial charge on any atom is -0.341 e. The van der Waals surface area contributed by atoms with Gasteiger partial charge in [0.15, 0.2) is 0 Å². The molecule has 0 saturated heterocycles. The van der Waals surface area contributed by atoms with Gasteiger partial charge < -0.3 is 9.47 Å². The summed E-state index contributed by atoms with van der Waals surface area (Å²) in [6.45, 7) is 2.63. The first kappa shape index (κ1) is 14.2. The summed E-state index contributed by atoms with van der Waals surface area (Å²) in [5, 5.41) is 0. The molecular weight excluding hydrogens is 234 g/mol. The molecule has 0 unspecified atom stereocenters. The molecule has 1 aromatic rings. The van der Waals surface area contributed by atoms with Crippen LogP contribution in [0.2, 0.25) is 0 Å². The summed E-state index contributed by atoms with van der Waals surface area (Å²) in [5.74, 6) is -0.348. The highest BCUT2D eigenvalue weighted by atomic mass is 16.2. The molecule has 0 aliphatic rings. The van der Waals surface area contributed by atoms with Crippen molar-refractivity contribution in [1.82, 2.24) is 14.0 Å². The van der Waals surface area contributed by atoms with Crippen molar-refractivity contribution in [3.8, 4) is 0 Å². The van der Waals surface area contributed by atoms with Gasteiger partial charge in [-0.2, -0.15) is 0 Å². The maximum atomic E-state index is 12.1. The molecule has 1 rings (SSSR count). The van der Waals surface area contributed by atoms with Crippen molar-refractivity contribution in [2.75, 3.05) is 13.6 Å². The number of aryl methyl sites for hydroxylation is 1. The van der Waals surface area contributed by atoms with E-state index in [2.05, 4.69) is 0 Å². The maximum Gasteiger partial charge on any atom is 0.330 e. The second-order valence-corrected chi connectivity index (χ2v) is 4.38. The number of carbonyl (C=O) groups is 1. The Bertz CT molecular complexity index is 557. The third-order valence-corrected chi connectivity index (χ3v) is 2.87. The van der Waals surface area contributed by atoms with Crippen molar-refractivity contribution in [3.05, 3.63) is 32.6 Å². The van der Waals surface area contributed by atoms with Gasteiger partial charge in [-0.25, -0.2) is 4.79 Å². The van der Waals surface area contributed by atoms with Gasteiger partial charge in [-0.15, -0.1) is 0 Å². The number of hydrogen-bond acceptors (Lipinski definition) is 3. The Kier molecular flexibility index (Phi) is 4.47. The van der Waals surface area contributed by atoms with Crippen molar-refractivity contribution in [3.63, 3.8) is 0 Å². The Balaban J connectivity index is 3.15. The first-order valence-corrected chi connectivity index (χ1v) is 5.92. The van der Waals surface area contributed by atoms with E-state index in [1.165, 1.54) is 29.8 Å². The van der Waals surface area contributed by atoms with Crippen LogP contribution in [0.25, 0.3) is 0 Å². The molecule has 0 N–H and O–H groups in total. The maximum absolute atomic E-state index is 12.1. The Morgan fingerprint density at radius 1 is 1.33 bits per heavy atom. The van der Waals surface area contributed by atoms with Crippen LogP contribution in [0.5, 0.6) is 0 Å². The molecule has 1 heterocycles. The largest absolute Gasteiger partial charge is 0.341 e. The Labute approximate surface area is 105 Å². The topological polar surface area (TPSA) is 64.3 Å². The van der Waals surface area contributed by atoms with Crippen molar-refractivity contribution in [2.24, 2.45) is 14.1 Å². The van der Waals surface area contributed by atoms with E-state index in [1.54, 1.807) is 7.05 Å². The van der Waals surface area contributed by atoms with Crippen LogP contribution < -0.4 is 11.2 Å². The summed E-state index contributed by atoms with van der Waals surface area (Å²) in [6, 6.07) is 0. The summed E-state index contributed by atoms with van der Waals surface area (Å²) >= 11 is 0. The molecule has 0 aromatic carbocycles. The van der Waals surface area contributed by atoms with Crippen LogP contribution in [0.1, 0.15) is 30.1 Å². The summed E-state index contributed by atoms with van der Waals surface area (Å²) in [6.07, 6.45) is 3.16. The van der Waals surface area contributed by atoms with Crippen LogP contribution in [0.3, 0.4) is 0 Å². The van der Waals surface area contributed by atoms with Gasteiger partial charge in [0, 0.05) is 33.9 Å². The first-order valence-electron chi connectivity index (χ1n) is 5.92. The average molecular weight is 253 g/mol. The van der Waals surface area contributed by atoms with Crippen LogP contribution >= 0.6 is 0 Å². The van der Waals surface area contributed by atoms with E-state index in [1.807, 2.05) is 6.92 Å². The molecule has 0 aliphatic carbocycles. The molecule has 0 fully saturated rings. The molecule has 0 spiro atoms. The third kappa shape index (κ3) is 2.69. The molecule has 6 heteroatoms. The summed E-state index contributed by atoms with van der Waals surface area (Å²) < 4.78 is 2.18. The zero-order valence-electron chi connectivity index (χ0n) is 11.3. The van der Waals surface area contributed by atoms with E-state index in [4.69, 9.17) is 0 Å². The highest BCUT2D eigenvalue weighted by Crippen LogP contribution is 1.98. The number of unbranched alkanes of at least 4 members (excludes halogenated alkanes) is 1. The predicted octanol–water partition coefficient (Wildman–Crippen LogP) is -0.0439. The van der Waals surface area contributed by atoms with E-state index >= 15 is 0 Å². The van der Waals surface area contributed by atoms with Crippen LogP contribution in [0.15, 0.2) is 15.8 Å². The lowest BCUT2D eigenvalue weighted by atomic mass is 10.2. The fourth-order valence-corrected chi connectivity index (χ4v) is 1.66. The first-order chi connectivity index (χ1) is 8.40. The third-order valence-electron chi connectivity index (χ3n) is 2.87. The second-order valence-electron chi connectivity index (χ2n) is 4.38. The Morgan fingerprint density at radius 3 is 2.50 bits per heavy atom. The van der Waals surface area contributed by atoms with Gasteiger partial charge in [-0.3, -0.25) is 14.2 Å². The van der Waals surface area contributed by atoms with Gasteiger partial charge in [-0.05, 0) is 6.42 Å². The van der Waals surface area contributed by atoms with Gasteiger partial charge >= 0.3 is 5.69 Å². The predicted molar refractivity (Wildman–Crippen MR) is 68.8 cm³/mol. The molecule has 0 bridgehead atoms. The molecule has 1 aromatic heterocycles. The molecule has 0 radical (unpaired) electrons. The molecule has 0 atom stereocenters. The highest BCUT2D eigenvalue weighted by molar-refractivity contribution is 5.93. The summed E-state index contributed by atoms with van der Waals surface area (Å²) in [4.78, 5) is 37.0. The fourth-order valence-electron chi connectivity index (χ4n) is 1.66. The van der Waals surface area contributed by atoms with Crippen molar-refractivity contribution < 1.29 is 4.79 Å². The lowest BCUT2D eigenvalue weighted by Crippen LogP contribution is -2.42. The van der Waals surface area contributed by atoms with E-state index in [0.717, 1.165) is 17.4 Å². The van der Waals surface area contributed by atoms with E-state index in [0.29, 0.717) is 6.54 Å². The normalized spacial score (nSPS) is 10.4. The number of amides is 1. The molecular formula is C12H19N3O3. The number of nitrogens with zero attached hydrogens (tertiary/aromatic N) is 3. The van der Waals surface area contributed by atoms with Crippen LogP contribution in [-0.4, -0.2) is 33.5 Å². The van der Waals surface area contributed by atoms with Crippen LogP contribution in [0, 0.1) is 0 Å². The fraction of sp³-hybridized carbons (Fsp3) is 0.583. The lowest BCUT2D eigenvalue weighted by Gasteiger charge is -2.17. The minimum atomic E-state index is -0.550. The van der Waals surface area contributed by atoms with Crippen LogP contribution in [-0.2, 0) is 14.1 Å². The summed E-state index contributed by atoms with van der Waals surface area (Å²) in [7, 11) is 4.54. The standard InChI is InChI=1S/C12H19N3O3/c1-5-6-7-13(2)10(16)9-8-14(3)12(18)15(4)11(9)17/h8H,5-7H2,1-4H3. The molecule has 1 amide bonds. The molecule has 18 heavy (non-hydrogen) atoms. The molecule has 6 nitrogen and oxygen atoms in total. The van der Waals surface area contributed by atoms with Gasteiger partial charge in [0.1, 0.15) is 5.56 Å². The van der Waals surface area contributed by atoms with Gasteiger partial charge in [0.05, 0.1) is 0 Å². The van der Waals surface area contributed by atoms with E-state index in [-0.39, 0.29) is 11.5 Å². The van der Waals surface area contributed by atoms with Gasteiger partial charge in [0.25, 0.3) is 11.5 Å². The van der Waals surface area contributed by atoms with E-state index < -0.39 is 11.2 Å². The number of aromatic nitrogens is 2. The zero-order valence-corrected chi connectivity index (χ0v) is 11.3. The van der Waals surface area contributed by atoms with Gasteiger partial charge in [-0.1, -0.05) is 13.3 Å². The number of carbonyl (C=O) groups excluding carboxylic acids is 1. The average Bonchev–Trinajstić information content (AvgIpc) is 2.36.